The lowest BCUT2D eigenvalue weighted by Crippen LogP contribution is -2.19. The van der Waals surface area contributed by atoms with Crippen LogP contribution in [0.15, 0.2) is 42.7 Å². The minimum atomic E-state index is -0.498. The highest BCUT2D eigenvalue weighted by molar-refractivity contribution is 5.38. The van der Waals surface area contributed by atoms with Crippen LogP contribution >= 0.6 is 0 Å². The summed E-state index contributed by atoms with van der Waals surface area (Å²) in [6.07, 6.45) is 1.56. The largest absolute Gasteiger partial charge is 0.478 e. The Bertz CT molecular complexity index is 548. The van der Waals surface area contributed by atoms with E-state index >= 15 is 0 Å². The number of benzene rings is 1. The molecule has 1 aromatic heterocycles. The lowest BCUT2D eigenvalue weighted by atomic mass is 10.0. The maximum Gasteiger partial charge on any atom is 0.218 e. The molecule has 2 rings (SSSR count). The van der Waals surface area contributed by atoms with E-state index in [9.17, 15) is 5.11 Å². The molecule has 0 bridgehead atoms. The van der Waals surface area contributed by atoms with E-state index in [0.29, 0.717) is 24.7 Å². The molecule has 21 heavy (non-hydrogen) atoms. The van der Waals surface area contributed by atoms with Crippen molar-refractivity contribution in [1.29, 1.82) is 0 Å². The number of hydrogen-bond acceptors (Lipinski definition) is 5. The Labute approximate surface area is 125 Å². The topological polar surface area (TPSA) is 67.3 Å². The van der Waals surface area contributed by atoms with Gasteiger partial charge < -0.3 is 15.2 Å². The molecule has 1 aromatic carbocycles. The van der Waals surface area contributed by atoms with Crippen molar-refractivity contribution in [3.8, 4) is 5.88 Å². The minimum absolute atomic E-state index is 0.0737. The molecule has 0 aliphatic carbocycles. The van der Waals surface area contributed by atoms with E-state index in [4.69, 9.17) is 4.74 Å². The van der Waals surface area contributed by atoms with Crippen LogP contribution in [0.4, 0.5) is 5.82 Å². The third-order valence-electron chi connectivity index (χ3n) is 3.09. The Balaban J connectivity index is 1.92. The lowest BCUT2D eigenvalue weighted by molar-refractivity contribution is 0.162. The van der Waals surface area contributed by atoms with Gasteiger partial charge in [-0.1, -0.05) is 30.3 Å². The number of aliphatic hydroxyl groups excluding tert-OH is 1. The molecule has 1 heterocycles. The van der Waals surface area contributed by atoms with E-state index in [1.165, 1.54) is 6.33 Å². The number of rotatable bonds is 7. The normalized spacial score (nSPS) is 13.5. The van der Waals surface area contributed by atoms with Crippen molar-refractivity contribution in [3.05, 3.63) is 48.3 Å². The standard InChI is InChI=1S/C16H21N3O2/c1-3-21-16-10-15(17-11-18-16)19-12(2)9-14(20)13-7-5-4-6-8-13/h4-8,10-12,14,20H,3,9H2,1-2H3,(H,17,18,19). The van der Waals surface area contributed by atoms with Gasteiger partial charge in [0, 0.05) is 12.1 Å². The monoisotopic (exact) mass is 287 g/mol. The Morgan fingerprint density at radius 3 is 2.71 bits per heavy atom. The van der Waals surface area contributed by atoms with Gasteiger partial charge in [0.25, 0.3) is 0 Å². The Morgan fingerprint density at radius 2 is 2.00 bits per heavy atom. The molecule has 0 saturated heterocycles. The summed E-state index contributed by atoms with van der Waals surface area (Å²) in [4.78, 5) is 8.18. The Morgan fingerprint density at radius 1 is 1.24 bits per heavy atom. The zero-order valence-corrected chi connectivity index (χ0v) is 12.4. The van der Waals surface area contributed by atoms with Crippen LogP contribution in [0.2, 0.25) is 0 Å². The van der Waals surface area contributed by atoms with Gasteiger partial charge in [-0.2, -0.15) is 0 Å². The van der Waals surface area contributed by atoms with Crippen LogP contribution in [-0.2, 0) is 0 Å². The molecule has 0 spiro atoms. The summed E-state index contributed by atoms with van der Waals surface area (Å²) >= 11 is 0. The van der Waals surface area contributed by atoms with E-state index in [1.807, 2.05) is 44.2 Å². The fraction of sp³-hybridized carbons (Fsp3) is 0.375. The number of anilines is 1. The zero-order valence-electron chi connectivity index (χ0n) is 12.4. The summed E-state index contributed by atoms with van der Waals surface area (Å²) in [6.45, 7) is 4.49. The molecule has 0 aliphatic heterocycles. The zero-order chi connectivity index (χ0) is 15.1. The first-order valence-corrected chi connectivity index (χ1v) is 7.13. The summed E-state index contributed by atoms with van der Waals surface area (Å²) < 4.78 is 5.34. The molecule has 0 amide bonds. The molecule has 2 N–H and O–H groups in total. The molecule has 112 valence electrons. The lowest BCUT2D eigenvalue weighted by Gasteiger charge is -2.18. The fourth-order valence-electron chi connectivity index (χ4n) is 2.10. The average Bonchev–Trinajstić information content (AvgIpc) is 2.48. The van der Waals surface area contributed by atoms with Crippen LogP contribution < -0.4 is 10.1 Å². The van der Waals surface area contributed by atoms with Gasteiger partial charge in [0.2, 0.25) is 5.88 Å². The maximum absolute atomic E-state index is 10.2. The summed E-state index contributed by atoms with van der Waals surface area (Å²) in [7, 11) is 0. The maximum atomic E-state index is 10.2. The number of nitrogens with zero attached hydrogens (tertiary/aromatic N) is 2. The van der Waals surface area contributed by atoms with E-state index < -0.39 is 6.10 Å². The molecule has 0 aliphatic rings. The number of ether oxygens (including phenoxy) is 1. The van der Waals surface area contributed by atoms with Crippen LogP contribution in [0, 0.1) is 0 Å². The third kappa shape index (κ3) is 4.72. The van der Waals surface area contributed by atoms with Crippen molar-refractivity contribution in [3.63, 3.8) is 0 Å². The predicted molar refractivity (Wildman–Crippen MR) is 82.3 cm³/mol. The predicted octanol–water partition coefficient (Wildman–Crippen LogP) is 2.80. The molecule has 0 saturated carbocycles. The number of aromatic nitrogens is 2. The van der Waals surface area contributed by atoms with Crippen molar-refractivity contribution in [2.24, 2.45) is 0 Å². The smallest absolute Gasteiger partial charge is 0.218 e. The quantitative estimate of drug-likeness (QED) is 0.819. The fourth-order valence-corrected chi connectivity index (χ4v) is 2.10. The Hall–Kier alpha value is -2.14. The van der Waals surface area contributed by atoms with E-state index in [1.54, 1.807) is 6.07 Å². The number of nitrogens with one attached hydrogen (secondary N) is 1. The highest BCUT2D eigenvalue weighted by atomic mass is 16.5. The molecule has 2 atom stereocenters. The molecule has 5 heteroatoms. The third-order valence-corrected chi connectivity index (χ3v) is 3.09. The average molecular weight is 287 g/mol. The van der Waals surface area contributed by atoms with Gasteiger partial charge in [-0.15, -0.1) is 0 Å². The van der Waals surface area contributed by atoms with Crippen LogP contribution in [0.1, 0.15) is 31.9 Å². The first kappa shape index (κ1) is 15.3. The first-order valence-electron chi connectivity index (χ1n) is 7.13. The van der Waals surface area contributed by atoms with Gasteiger partial charge in [-0.25, -0.2) is 9.97 Å². The molecule has 0 fully saturated rings. The molecular weight excluding hydrogens is 266 g/mol. The molecule has 2 unspecified atom stereocenters. The first-order chi connectivity index (χ1) is 10.2. The molecule has 2 aromatic rings. The van der Waals surface area contributed by atoms with Gasteiger partial charge in [-0.3, -0.25) is 0 Å². The van der Waals surface area contributed by atoms with Crippen molar-refractivity contribution in [2.75, 3.05) is 11.9 Å². The van der Waals surface area contributed by atoms with Crippen molar-refractivity contribution in [1.82, 2.24) is 9.97 Å². The van der Waals surface area contributed by atoms with Gasteiger partial charge in [0.05, 0.1) is 12.7 Å². The minimum Gasteiger partial charge on any atom is -0.478 e. The summed E-state index contributed by atoms with van der Waals surface area (Å²) in [6, 6.07) is 11.5. The number of aliphatic hydroxyl groups is 1. The van der Waals surface area contributed by atoms with Gasteiger partial charge in [-0.05, 0) is 25.8 Å². The molecule has 0 radical (unpaired) electrons. The highest BCUT2D eigenvalue weighted by Gasteiger charge is 2.12. The highest BCUT2D eigenvalue weighted by Crippen LogP contribution is 2.20. The van der Waals surface area contributed by atoms with E-state index in [0.717, 1.165) is 5.56 Å². The second-order valence-corrected chi connectivity index (χ2v) is 4.88. The van der Waals surface area contributed by atoms with E-state index in [-0.39, 0.29) is 6.04 Å². The van der Waals surface area contributed by atoms with Crippen LogP contribution in [0.3, 0.4) is 0 Å². The summed E-state index contributed by atoms with van der Waals surface area (Å²) in [5.41, 5.74) is 0.920. The van der Waals surface area contributed by atoms with Gasteiger partial charge in [0.15, 0.2) is 0 Å². The van der Waals surface area contributed by atoms with Crippen LogP contribution in [-0.4, -0.2) is 27.7 Å². The van der Waals surface area contributed by atoms with Crippen molar-refractivity contribution >= 4 is 5.82 Å². The second kappa shape index (κ2) is 7.59. The van der Waals surface area contributed by atoms with Crippen LogP contribution in [0.25, 0.3) is 0 Å². The summed E-state index contributed by atoms with van der Waals surface area (Å²) in [5.74, 6) is 1.24. The summed E-state index contributed by atoms with van der Waals surface area (Å²) in [5, 5.41) is 13.5. The molecular formula is C16H21N3O2. The van der Waals surface area contributed by atoms with Crippen molar-refractivity contribution < 1.29 is 9.84 Å². The van der Waals surface area contributed by atoms with Gasteiger partial charge >= 0.3 is 0 Å². The second-order valence-electron chi connectivity index (χ2n) is 4.88. The molecule has 5 nitrogen and oxygen atoms in total. The SMILES string of the molecule is CCOc1cc(NC(C)CC(O)c2ccccc2)ncn1. The van der Waals surface area contributed by atoms with Crippen LogP contribution in [0.5, 0.6) is 5.88 Å². The Kier molecular flexibility index (Phi) is 5.51. The van der Waals surface area contributed by atoms with Crippen molar-refractivity contribution in [2.45, 2.75) is 32.4 Å². The van der Waals surface area contributed by atoms with E-state index in [2.05, 4.69) is 15.3 Å². The van der Waals surface area contributed by atoms with Gasteiger partial charge in [0.1, 0.15) is 12.1 Å². The number of hydrogen-bond donors (Lipinski definition) is 2.